The number of nitrogens with two attached hydrogens (primary N) is 1. The van der Waals surface area contributed by atoms with Crippen molar-refractivity contribution in [3.8, 4) is 0 Å². The SMILES string of the molecule is CC1(C)CCCN1c1cc(Cl)nc(N)n1. The average Bonchev–Trinajstić information content (AvgIpc) is 2.43. The lowest BCUT2D eigenvalue weighted by atomic mass is 10.0. The molecule has 1 aromatic heterocycles. The van der Waals surface area contributed by atoms with Gasteiger partial charge in [-0.25, -0.2) is 4.98 Å². The number of aromatic nitrogens is 2. The summed E-state index contributed by atoms with van der Waals surface area (Å²) >= 11 is 5.86. The van der Waals surface area contributed by atoms with Gasteiger partial charge in [-0.15, -0.1) is 0 Å². The highest BCUT2D eigenvalue weighted by Crippen LogP contribution is 2.33. The number of hydrogen-bond acceptors (Lipinski definition) is 4. The molecule has 15 heavy (non-hydrogen) atoms. The molecule has 1 fully saturated rings. The van der Waals surface area contributed by atoms with Crippen LogP contribution in [0.25, 0.3) is 0 Å². The van der Waals surface area contributed by atoms with Gasteiger partial charge in [0.05, 0.1) is 0 Å². The summed E-state index contributed by atoms with van der Waals surface area (Å²) in [6, 6.07) is 1.77. The number of anilines is 2. The summed E-state index contributed by atoms with van der Waals surface area (Å²) in [5, 5.41) is 0.403. The molecule has 0 aliphatic carbocycles. The zero-order valence-corrected chi connectivity index (χ0v) is 9.75. The van der Waals surface area contributed by atoms with Gasteiger partial charge in [0.1, 0.15) is 11.0 Å². The predicted octanol–water partition coefficient (Wildman–Crippen LogP) is 2.09. The number of rotatable bonds is 1. The van der Waals surface area contributed by atoms with Crippen LogP contribution in [0.1, 0.15) is 26.7 Å². The smallest absolute Gasteiger partial charge is 0.223 e. The van der Waals surface area contributed by atoms with Gasteiger partial charge in [0.2, 0.25) is 5.95 Å². The molecule has 1 aliphatic heterocycles. The van der Waals surface area contributed by atoms with Gasteiger partial charge >= 0.3 is 0 Å². The highest BCUT2D eigenvalue weighted by Gasteiger charge is 2.33. The molecule has 82 valence electrons. The molecule has 0 atom stereocenters. The fraction of sp³-hybridized carbons (Fsp3) is 0.600. The largest absolute Gasteiger partial charge is 0.368 e. The van der Waals surface area contributed by atoms with Gasteiger partial charge in [0.25, 0.3) is 0 Å². The van der Waals surface area contributed by atoms with Gasteiger partial charge in [-0.3, -0.25) is 0 Å². The molecule has 0 saturated carbocycles. The van der Waals surface area contributed by atoms with Crippen molar-refractivity contribution in [1.29, 1.82) is 0 Å². The summed E-state index contributed by atoms with van der Waals surface area (Å²) in [7, 11) is 0. The Labute approximate surface area is 94.5 Å². The Morgan fingerprint density at radius 1 is 1.47 bits per heavy atom. The number of nitrogen functional groups attached to an aromatic ring is 1. The Bertz CT molecular complexity index is 357. The van der Waals surface area contributed by atoms with Crippen molar-refractivity contribution in [1.82, 2.24) is 9.97 Å². The van der Waals surface area contributed by atoms with Crippen molar-refractivity contribution in [2.75, 3.05) is 17.2 Å². The number of halogens is 1. The maximum absolute atomic E-state index is 5.86. The van der Waals surface area contributed by atoms with Gasteiger partial charge in [0.15, 0.2) is 0 Å². The van der Waals surface area contributed by atoms with E-state index in [4.69, 9.17) is 17.3 Å². The minimum absolute atomic E-state index is 0.129. The van der Waals surface area contributed by atoms with Crippen LogP contribution in [0.4, 0.5) is 11.8 Å². The van der Waals surface area contributed by atoms with Gasteiger partial charge in [-0.1, -0.05) is 11.6 Å². The maximum atomic E-state index is 5.86. The second kappa shape index (κ2) is 3.52. The predicted molar refractivity (Wildman–Crippen MR) is 62.1 cm³/mol. The standard InChI is InChI=1S/C10H15ClN4/c1-10(2)4-3-5-15(10)8-6-7(11)13-9(12)14-8/h6H,3-5H2,1-2H3,(H2,12,13,14). The summed E-state index contributed by atoms with van der Waals surface area (Å²) in [5.74, 6) is 1.07. The Morgan fingerprint density at radius 2 is 2.20 bits per heavy atom. The normalized spacial score (nSPS) is 19.5. The van der Waals surface area contributed by atoms with Crippen molar-refractivity contribution < 1.29 is 0 Å². The first-order valence-electron chi connectivity index (χ1n) is 5.07. The fourth-order valence-electron chi connectivity index (χ4n) is 2.09. The van der Waals surface area contributed by atoms with Crippen molar-refractivity contribution in [2.45, 2.75) is 32.2 Å². The molecule has 0 aromatic carbocycles. The maximum Gasteiger partial charge on any atom is 0.223 e. The highest BCUT2D eigenvalue weighted by atomic mass is 35.5. The van der Waals surface area contributed by atoms with E-state index < -0.39 is 0 Å². The molecule has 1 aliphatic rings. The third-order valence-electron chi connectivity index (χ3n) is 2.88. The second-order valence-corrected chi connectivity index (χ2v) is 4.86. The first kappa shape index (κ1) is 10.5. The van der Waals surface area contributed by atoms with E-state index in [9.17, 15) is 0 Å². The van der Waals surface area contributed by atoms with Crippen LogP contribution in [0.5, 0.6) is 0 Å². The lowest BCUT2D eigenvalue weighted by Crippen LogP contribution is -2.38. The van der Waals surface area contributed by atoms with Crippen LogP contribution in [0.2, 0.25) is 5.15 Å². The van der Waals surface area contributed by atoms with E-state index in [-0.39, 0.29) is 11.5 Å². The van der Waals surface area contributed by atoms with E-state index >= 15 is 0 Å². The fourth-order valence-corrected chi connectivity index (χ4v) is 2.28. The molecule has 0 radical (unpaired) electrons. The zero-order valence-electron chi connectivity index (χ0n) is 9.00. The molecule has 2 rings (SSSR count). The number of hydrogen-bond donors (Lipinski definition) is 1. The third kappa shape index (κ3) is 2.00. The van der Waals surface area contributed by atoms with Crippen LogP contribution in [0, 0.1) is 0 Å². The highest BCUT2D eigenvalue weighted by molar-refractivity contribution is 6.29. The van der Waals surface area contributed by atoms with Crippen molar-refractivity contribution >= 4 is 23.4 Å². The Kier molecular flexibility index (Phi) is 2.46. The van der Waals surface area contributed by atoms with E-state index in [1.807, 2.05) is 0 Å². The van der Waals surface area contributed by atoms with Crippen LogP contribution < -0.4 is 10.6 Å². The Hall–Kier alpha value is -1.03. The molecule has 1 aromatic rings. The summed E-state index contributed by atoms with van der Waals surface area (Å²) in [5.41, 5.74) is 5.71. The Balaban J connectivity index is 2.37. The third-order valence-corrected chi connectivity index (χ3v) is 3.07. The first-order valence-corrected chi connectivity index (χ1v) is 5.44. The topological polar surface area (TPSA) is 55.0 Å². The average molecular weight is 227 g/mol. The molecule has 2 N–H and O–H groups in total. The van der Waals surface area contributed by atoms with E-state index in [2.05, 4.69) is 28.7 Å². The van der Waals surface area contributed by atoms with Gasteiger partial charge in [-0.2, -0.15) is 4.98 Å². The van der Waals surface area contributed by atoms with Gasteiger partial charge in [0, 0.05) is 18.2 Å². The molecular weight excluding hydrogens is 212 g/mol. The lowest BCUT2D eigenvalue weighted by Gasteiger charge is -2.32. The zero-order chi connectivity index (χ0) is 11.1. The van der Waals surface area contributed by atoms with Crippen molar-refractivity contribution in [2.24, 2.45) is 0 Å². The first-order chi connectivity index (χ1) is 6.99. The summed E-state index contributed by atoms with van der Waals surface area (Å²) in [6.45, 7) is 5.40. The second-order valence-electron chi connectivity index (χ2n) is 4.47. The van der Waals surface area contributed by atoms with Crippen molar-refractivity contribution in [3.63, 3.8) is 0 Å². The van der Waals surface area contributed by atoms with E-state index in [0.717, 1.165) is 18.8 Å². The molecule has 0 unspecified atom stereocenters. The molecule has 4 nitrogen and oxygen atoms in total. The quantitative estimate of drug-likeness (QED) is 0.745. The summed E-state index contributed by atoms with van der Waals surface area (Å²) in [4.78, 5) is 10.3. The lowest BCUT2D eigenvalue weighted by molar-refractivity contribution is 0.514. The Morgan fingerprint density at radius 3 is 2.73 bits per heavy atom. The van der Waals surface area contributed by atoms with Crippen LogP contribution in [-0.2, 0) is 0 Å². The summed E-state index contributed by atoms with van der Waals surface area (Å²) in [6.07, 6.45) is 2.34. The molecule has 1 saturated heterocycles. The van der Waals surface area contributed by atoms with Crippen molar-refractivity contribution in [3.05, 3.63) is 11.2 Å². The molecule has 0 amide bonds. The van der Waals surface area contributed by atoms with E-state index in [1.54, 1.807) is 6.07 Å². The van der Waals surface area contributed by atoms with E-state index in [0.29, 0.717) is 5.15 Å². The van der Waals surface area contributed by atoms with Crippen LogP contribution in [-0.4, -0.2) is 22.1 Å². The van der Waals surface area contributed by atoms with E-state index in [1.165, 1.54) is 6.42 Å². The van der Waals surface area contributed by atoms with Gasteiger partial charge in [-0.05, 0) is 26.7 Å². The minimum Gasteiger partial charge on any atom is -0.368 e. The molecule has 0 spiro atoms. The monoisotopic (exact) mass is 226 g/mol. The van der Waals surface area contributed by atoms with Crippen LogP contribution in [0.15, 0.2) is 6.07 Å². The molecular formula is C10H15ClN4. The minimum atomic E-state index is 0.129. The summed E-state index contributed by atoms with van der Waals surface area (Å²) < 4.78 is 0. The van der Waals surface area contributed by atoms with Crippen LogP contribution >= 0.6 is 11.6 Å². The number of nitrogens with zero attached hydrogens (tertiary/aromatic N) is 3. The molecule has 2 heterocycles. The molecule has 5 heteroatoms. The van der Waals surface area contributed by atoms with Gasteiger partial charge < -0.3 is 10.6 Å². The molecule has 0 bridgehead atoms. The van der Waals surface area contributed by atoms with Crippen LogP contribution in [0.3, 0.4) is 0 Å².